The zero-order valence-corrected chi connectivity index (χ0v) is 13.1. The molecule has 1 N–H and O–H groups in total. The third kappa shape index (κ3) is 4.02. The van der Waals surface area contributed by atoms with Gasteiger partial charge in [0.15, 0.2) is 0 Å². The Morgan fingerprint density at radius 1 is 1.43 bits per heavy atom. The molecule has 0 bridgehead atoms. The summed E-state index contributed by atoms with van der Waals surface area (Å²) in [6.45, 7) is 9.44. The van der Waals surface area contributed by atoms with Gasteiger partial charge in [0.25, 0.3) is 5.69 Å². The number of benzene rings is 1. The summed E-state index contributed by atoms with van der Waals surface area (Å²) in [6.07, 6.45) is 2.29. The van der Waals surface area contributed by atoms with Gasteiger partial charge in [0.2, 0.25) is 0 Å². The van der Waals surface area contributed by atoms with Crippen LogP contribution in [0.3, 0.4) is 0 Å². The maximum atomic E-state index is 11.0. The molecule has 21 heavy (non-hydrogen) atoms. The van der Waals surface area contributed by atoms with E-state index in [1.54, 1.807) is 13.0 Å². The number of hydrogen-bond acceptors (Lipinski definition) is 4. The normalized spacial score (nSPS) is 18.6. The van der Waals surface area contributed by atoms with Gasteiger partial charge in [0.05, 0.1) is 4.92 Å². The van der Waals surface area contributed by atoms with Gasteiger partial charge >= 0.3 is 0 Å². The summed E-state index contributed by atoms with van der Waals surface area (Å²) in [6, 6.07) is 6.17. The topological polar surface area (TPSA) is 58.4 Å². The van der Waals surface area contributed by atoms with Gasteiger partial charge in [-0.25, -0.2) is 0 Å². The van der Waals surface area contributed by atoms with Crippen LogP contribution in [0.5, 0.6) is 0 Å². The molecule has 1 atom stereocenters. The monoisotopic (exact) mass is 291 g/mol. The Morgan fingerprint density at radius 2 is 2.10 bits per heavy atom. The van der Waals surface area contributed by atoms with Crippen molar-refractivity contribution in [3.05, 3.63) is 39.4 Å². The molecule has 5 heteroatoms. The standard InChI is InChI=1S/C16H25N3O2/c1-4-18-9-7-15(8-10-18)17-13(3)14-6-5-12(2)16(11-14)19(20)21/h5-6,11,13,15,17H,4,7-10H2,1-3H3. The minimum absolute atomic E-state index is 0.141. The fourth-order valence-corrected chi connectivity index (χ4v) is 2.96. The van der Waals surface area contributed by atoms with Gasteiger partial charge in [-0.3, -0.25) is 10.1 Å². The van der Waals surface area contributed by atoms with Crippen molar-refractivity contribution in [2.75, 3.05) is 19.6 Å². The largest absolute Gasteiger partial charge is 0.307 e. The average Bonchev–Trinajstić information content (AvgIpc) is 2.48. The second-order valence-corrected chi connectivity index (χ2v) is 5.90. The van der Waals surface area contributed by atoms with Crippen molar-refractivity contribution in [2.45, 2.75) is 45.7 Å². The van der Waals surface area contributed by atoms with Crippen molar-refractivity contribution in [3.8, 4) is 0 Å². The first-order chi connectivity index (χ1) is 10.0. The Labute approximate surface area is 126 Å². The number of aryl methyl sites for hydroxylation is 1. The first-order valence-electron chi connectivity index (χ1n) is 7.74. The summed E-state index contributed by atoms with van der Waals surface area (Å²) in [4.78, 5) is 13.2. The molecule has 2 rings (SSSR count). The van der Waals surface area contributed by atoms with E-state index in [2.05, 4.69) is 24.1 Å². The van der Waals surface area contributed by atoms with Crippen molar-refractivity contribution in [1.29, 1.82) is 0 Å². The summed E-state index contributed by atoms with van der Waals surface area (Å²) in [5.41, 5.74) is 1.92. The Bertz CT molecular complexity index is 496. The van der Waals surface area contributed by atoms with Crippen molar-refractivity contribution in [2.24, 2.45) is 0 Å². The molecule has 1 saturated heterocycles. The summed E-state index contributed by atoms with van der Waals surface area (Å²) >= 11 is 0. The quantitative estimate of drug-likeness (QED) is 0.669. The summed E-state index contributed by atoms with van der Waals surface area (Å²) in [7, 11) is 0. The van der Waals surface area contributed by atoms with E-state index in [1.807, 2.05) is 12.1 Å². The molecular weight excluding hydrogens is 266 g/mol. The van der Waals surface area contributed by atoms with Crippen LogP contribution in [-0.4, -0.2) is 35.5 Å². The van der Waals surface area contributed by atoms with E-state index >= 15 is 0 Å². The third-order valence-electron chi connectivity index (χ3n) is 4.45. The van der Waals surface area contributed by atoms with E-state index in [4.69, 9.17) is 0 Å². The molecule has 0 radical (unpaired) electrons. The van der Waals surface area contributed by atoms with E-state index in [0.717, 1.165) is 38.0 Å². The number of likely N-dealkylation sites (tertiary alicyclic amines) is 1. The zero-order chi connectivity index (χ0) is 15.4. The van der Waals surface area contributed by atoms with E-state index in [1.165, 1.54) is 0 Å². The molecule has 0 spiro atoms. The van der Waals surface area contributed by atoms with Gasteiger partial charge < -0.3 is 10.2 Å². The van der Waals surface area contributed by atoms with Crippen LogP contribution in [0.2, 0.25) is 0 Å². The molecule has 0 amide bonds. The number of nitrogens with zero attached hydrogens (tertiary/aromatic N) is 2. The van der Waals surface area contributed by atoms with E-state index in [0.29, 0.717) is 11.6 Å². The maximum Gasteiger partial charge on any atom is 0.272 e. The van der Waals surface area contributed by atoms with E-state index in [-0.39, 0.29) is 16.7 Å². The van der Waals surface area contributed by atoms with Gasteiger partial charge in [-0.2, -0.15) is 0 Å². The molecule has 1 heterocycles. The highest BCUT2D eigenvalue weighted by Crippen LogP contribution is 2.24. The molecular formula is C16H25N3O2. The predicted molar refractivity (Wildman–Crippen MR) is 84.5 cm³/mol. The lowest BCUT2D eigenvalue weighted by Crippen LogP contribution is -2.43. The minimum atomic E-state index is -0.300. The Balaban J connectivity index is 1.99. The van der Waals surface area contributed by atoms with E-state index < -0.39 is 0 Å². The highest BCUT2D eigenvalue weighted by atomic mass is 16.6. The number of nitro benzene ring substituents is 1. The number of nitro groups is 1. The second-order valence-electron chi connectivity index (χ2n) is 5.90. The second kappa shape index (κ2) is 7.00. The number of rotatable bonds is 5. The fourth-order valence-electron chi connectivity index (χ4n) is 2.96. The van der Waals surface area contributed by atoms with Gasteiger partial charge in [0, 0.05) is 23.7 Å². The number of nitrogens with one attached hydrogen (secondary N) is 1. The Hall–Kier alpha value is -1.46. The van der Waals surface area contributed by atoms with Crippen LogP contribution in [0.15, 0.2) is 18.2 Å². The lowest BCUT2D eigenvalue weighted by molar-refractivity contribution is -0.385. The van der Waals surface area contributed by atoms with Gasteiger partial charge in [-0.05, 0) is 51.9 Å². The average molecular weight is 291 g/mol. The molecule has 5 nitrogen and oxygen atoms in total. The third-order valence-corrected chi connectivity index (χ3v) is 4.45. The number of hydrogen-bond donors (Lipinski definition) is 1. The first kappa shape index (κ1) is 15.9. The summed E-state index contributed by atoms with van der Waals surface area (Å²) in [5, 5.41) is 14.7. The molecule has 1 unspecified atom stereocenters. The minimum Gasteiger partial charge on any atom is -0.307 e. The van der Waals surface area contributed by atoms with Crippen LogP contribution in [0.1, 0.15) is 43.9 Å². The molecule has 1 aromatic rings. The zero-order valence-electron chi connectivity index (χ0n) is 13.1. The summed E-state index contributed by atoms with van der Waals surface area (Å²) < 4.78 is 0. The summed E-state index contributed by atoms with van der Waals surface area (Å²) in [5.74, 6) is 0. The van der Waals surface area contributed by atoms with Gasteiger partial charge in [-0.1, -0.05) is 19.1 Å². The molecule has 0 saturated carbocycles. The van der Waals surface area contributed by atoms with Gasteiger partial charge in [-0.15, -0.1) is 0 Å². The van der Waals surface area contributed by atoms with E-state index in [9.17, 15) is 10.1 Å². The van der Waals surface area contributed by atoms with Crippen LogP contribution in [0.4, 0.5) is 5.69 Å². The van der Waals surface area contributed by atoms with Crippen LogP contribution in [0, 0.1) is 17.0 Å². The first-order valence-corrected chi connectivity index (χ1v) is 7.74. The van der Waals surface area contributed by atoms with Crippen LogP contribution in [-0.2, 0) is 0 Å². The molecule has 1 aliphatic heterocycles. The molecule has 116 valence electrons. The lowest BCUT2D eigenvalue weighted by atomic mass is 10.0. The van der Waals surface area contributed by atoms with Crippen molar-refractivity contribution < 1.29 is 4.92 Å². The molecule has 0 aliphatic carbocycles. The van der Waals surface area contributed by atoms with Crippen LogP contribution < -0.4 is 5.32 Å². The fraction of sp³-hybridized carbons (Fsp3) is 0.625. The maximum absolute atomic E-state index is 11.0. The highest BCUT2D eigenvalue weighted by molar-refractivity contribution is 5.43. The predicted octanol–water partition coefficient (Wildman–Crippen LogP) is 3.04. The highest BCUT2D eigenvalue weighted by Gasteiger charge is 2.21. The Morgan fingerprint density at radius 3 is 2.67 bits per heavy atom. The Kier molecular flexibility index (Phi) is 5.31. The van der Waals surface area contributed by atoms with Crippen molar-refractivity contribution in [1.82, 2.24) is 10.2 Å². The van der Waals surface area contributed by atoms with Crippen LogP contribution in [0.25, 0.3) is 0 Å². The van der Waals surface area contributed by atoms with Crippen molar-refractivity contribution >= 4 is 5.69 Å². The molecule has 1 aromatic carbocycles. The lowest BCUT2D eigenvalue weighted by Gasteiger charge is -2.33. The van der Waals surface area contributed by atoms with Crippen molar-refractivity contribution in [3.63, 3.8) is 0 Å². The number of piperidine rings is 1. The smallest absolute Gasteiger partial charge is 0.272 e. The molecule has 1 aliphatic rings. The molecule has 1 fully saturated rings. The molecule has 0 aromatic heterocycles. The van der Waals surface area contributed by atoms with Gasteiger partial charge in [0.1, 0.15) is 0 Å². The SMILES string of the molecule is CCN1CCC(NC(C)c2ccc(C)c([N+](=O)[O-])c2)CC1. The van der Waals surface area contributed by atoms with Crippen LogP contribution >= 0.6 is 0 Å².